The Morgan fingerprint density at radius 2 is 1.71 bits per heavy atom. The molecule has 0 aromatic rings. The first-order chi connectivity index (χ1) is 17.0. The number of hydrogen-bond acceptors (Lipinski definition) is 9. The average molecular weight is 592 g/mol. The van der Waals surface area contributed by atoms with E-state index in [1.54, 1.807) is 6.92 Å². The van der Waals surface area contributed by atoms with E-state index in [-0.39, 0.29) is 22.3 Å². The molecule has 3 amide bonds. The molecule has 0 radical (unpaired) electrons. The second kappa shape index (κ2) is 9.66. The van der Waals surface area contributed by atoms with Gasteiger partial charge >= 0.3 is 6.03 Å². The molecular weight excluding hydrogens is 547 g/mol. The van der Waals surface area contributed by atoms with Gasteiger partial charge in [0.05, 0.1) is 25.1 Å². The van der Waals surface area contributed by atoms with Crippen LogP contribution in [0.4, 0.5) is 4.79 Å². The van der Waals surface area contributed by atoms with Gasteiger partial charge in [-0.3, -0.25) is 15.0 Å². The Labute approximate surface area is 229 Å². The van der Waals surface area contributed by atoms with Crippen LogP contribution < -0.4 is 11.1 Å². The van der Waals surface area contributed by atoms with Crippen molar-refractivity contribution in [3.63, 3.8) is 0 Å². The lowest BCUT2D eigenvalue weighted by molar-refractivity contribution is -0.187. The third-order valence-electron chi connectivity index (χ3n) is 8.84. The Kier molecular flexibility index (Phi) is 7.94. The smallest absolute Gasteiger partial charge is 0.326 e. The van der Waals surface area contributed by atoms with E-state index in [0.29, 0.717) is 6.23 Å². The average Bonchev–Trinajstić information content (AvgIpc) is 3.14. The first kappa shape index (κ1) is 31.2. The zero-order valence-electron chi connectivity index (χ0n) is 24.5. The van der Waals surface area contributed by atoms with Crippen LogP contribution in [0, 0.1) is 5.92 Å². The Morgan fingerprint density at radius 1 is 1.13 bits per heavy atom. The van der Waals surface area contributed by atoms with E-state index < -0.39 is 68.6 Å². The standard InChI is InChI=1S/C24H45N3O8SSi2/c1-15-12-27(21(29)26-18(15)28)19-17(34-38(10,11)23(5,6)7)24(16(25)13-36(30,31)35-24)20(33-19)32-14-37(8,9)22(2,3)4/h13,15,17,19-20H,12,14,25H2,1-11H3,(H,26,28,29)/t15?,17-,19+,20-,24-/m0/s1. The molecular formula is C24H45N3O8SSi2. The number of nitrogens with one attached hydrogen (secondary N) is 1. The van der Waals surface area contributed by atoms with Crippen LogP contribution in [0.1, 0.15) is 48.5 Å². The Morgan fingerprint density at radius 3 is 2.18 bits per heavy atom. The fourth-order valence-electron chi connectivity index (χ4n) is 4.07. The largest absolute Gasteiger partial charge is 0.406 e. The topological polar surface area (TPSA) is 146 Å². The van der Waals surface area contributed by atoms with Crippen molar-refractivity contribution in [1.29, 1.82) is 0 Å². The van der Waals surface area contributed by atoms with Gasteiger partial charge in [-0.15, -0.1) is 0 Å². The molecule has 14 heteroatoms. The summed E-state index contributed by atoms with van der Waals surface area (Å²) in [6, 6.07) is -0.662. The van der Waals surface area contributed by atoms with Crippen LogP contribution in [0.15, 0.2) is 11.1 Å². The predicted molar refractivity (Wildman–Crippen MR) is 148 cm³/mol. The number of nitrogens with two attached hydrogens (primary N) is 1. The molecule has 5 atom stereocenters. The molecule has 0 aromatic heterocycles. The van der Waals surface area contributed by atoms with E-state index in [4.69, 9.17) is 23.8 Å². The summed E-state index contributed by atoms with van der Waals surface area (Å²) in [5.41, 5.74) is 4.48. The second-order valence-electron chi connectivity index (χ2n) is 13.9. The van der Waals surface area contributed by atoms with E-state index in [1.807, 2.05) is 33.9 Å². The lowest BCUT2D eigenvalue weighted by Crippen LogP contribution is -2.64. The van der Waals surface area contributed by atoms with Crippen LogP contribution in [-0.4, -0.2) is 78.6 Å². The van der Waals surface area contributed by atoms with Gasteiger partial charge in [-0.2, -0.15) is 8.42 Å². The van der Waals surface area contributed by atoms with Crippen molar-refractivity contribution >= 4 is 38.4 Å². The molecule has 3 aliphatic rings. The first-order valence-corrected chi connectivity index (χ1v) is 20.5. The molecule has 0 saturated carbocycles. The van der Waals surface area contributed by atoms with E-state index in [0.717, 1.165) is 5.41 Å². The number of amides is 3. The lowest BCUT2D eigenvalue weighted by Gasteiger charge is -2.45. The number of nitrogens with zero attached hydrogens (tertiary/aromatic N) is 1. The SMILES string of the molecule is CC1CN([C@@H]2O[C@H](OC[Si](C)(C)C(C)(C)C)[C@@]3(OS(=O)(=O)C=C3N)[C@H]2O[Si](C)(C)C(C)(C)C)C(=O)NC1=O. The molecule has 0 aromatic carbocycles. The molecule has 3 heterocycles. The van der Waals surface area contributed by atoms with Crippen molar-refractivity contribution in [2.45, 2.75) is 109 Å². The van der Waals surface area contributed by atoms with Crippen molar-refractivity contribution in [2.75, 3.05) is 12.8 Å². The summed E-state index contributed by atoms with van der Waals surface area (Å²) >= 11 is 0. The molecule has 38 heavy (non-hydrogen) atoms. The van der Waals surface area contributed by atoms with Crippen LogP contribution in [0.25, 0.3) is 0 Å². The molecule has 1 spiro atoms. The van der Waals surface area contributed by atoms with Crippen LogP contribution >= 0.6 is 0 Å². The normalized spacial score (nSPS) is 32.6. The Hall–Kier alpha value is -1.30. The maximum atomic E-state index is 13.0. The molecule has 3 rings (SSSR count). The van der Waals surface area contributed by atoms with Crippen molar-refractivity contribution in [3.8, 4) is 0 Å². The van der Waals surface area contributed by atoms with Gasteiger partial charge in [-0.25, -0.2) is 8.98 Å². The second-order valence-corrected chi connectivity index (χ2v) is 25.6. The summed E-state index contributed by atoms with van der Waals surface area (Å²) in [7, 11) is -8.84. The molecule has 11 nitrogen and oxygen atoms in total. The molecule has 3 aliphatic heterocycles. The highest BCUT2D eigenvalue weighted by atomic mass is 32.2. The maximum Gasteiger partial charge on any atom is 0.326 e. The zero-order valence-corrected chi connectivity index (χ0v) is 27.3. The fourth-order valence-corrected chi connectivity index (χ4v) is 7.54. The van der Waals surface area contributed by atoms with Crippen molar-refractivity contribution < 1.29 is 36.1 Å². The summed E-state index contributed by atoms with van der Waals surface area (Å²) < 4.78 is 50.9. The number of hydrogen-bond donors (Lipinski definition) is 2. The third-order valence-corrected chi connectivity index (χ3v) is 19.3. The summed E-state index contributed by atoms with van der Waals surface area (Å²) in [6.07, 6.45) is -3.21. The van der Waals surface area contributed by atoms with Gasteiger partial charge in [-0.05, 0) is 23.2 Å². The predicted octanol–water partition coefficient (Wildman–Crippen LogP) is 3.21. The number of urea groups is 1. The lowest BCUT2D eigenvalue weighted by atomic mass is 9.93. The van der Waals surface area contributed by atoms with Crippen molar-refractivity contribution in [1.82, 2.24) is 10.2 Å². The van der Waals surface area contributed by atoms with Crippen molar-refractivity contribution in [3.05, 3.63) is 11.1 Å². The van der Waals surface area contributed by atoms with Gasteiger partial charge in [0, 0.05) is 12.8 Å². The summed E-state index contributed by atoms with van der Waals surface area (Å²) in [5.74, 6) is -0.917. The number of carbonyl (C=O) groups is 2. The van der Waals surface area contributed by atoms with Gasteiger partial charge in [0.25, 0.3) is 10.1 Å². The molecule has 0 bridgehead atoms. The highest BCUT2D eigenvalue weighted by molar-refractivity contribution is 7.90. The summed E-state index contributed by atoms with van der Waals surface area (Å²) in [5, 5.41) is 2.92. The number of carbonyl (C=O) groups excluding carboxylic acids is 2. The van der Waals surface area contributed by atoms with Crippen LogP contribution in [-0.2, 0) is 33.0 Å². The molecule has 0 aliphatic carbocycles. The first-order valence-electron chi connectivity index (χ1n) is 12.9. The van der Waals surface area contributed by atoms with Crippen LogP contribution in [0.2, 0.25) is 36.3 Å². The van der Waals surface area contributed by atoms with Crippen LogP contribution in [0.3, 0.4) is 0 Å². The van der Waals surface area contributed by atoms with E-state index >= 15 is 0 Å². The Bertz CT molecular complexity index is 1110. The molecule has 218 valence electrons. The van der Waals surface area contributed by atoms with Gasteiger partial charge in [-0.1, -0.05) is 61.6 Å². The molecule has 2 saturated heterocycles. The van der Waals surface area contributed by atoms with Gasteiger partial charge in [0.15, 0.2) is 20.8 Å². The molecule has 2 fully saturated rings. The quantitative estimate of drug-likeness (QED) is 0.351. The minimum Gasteiger partial charge on any atom is -0.406 e. The van der Waals surface area contributed by atoms with E-state index in [2.05, 4.69) is 39.2 Å². The van der Waals surface area contributed by atoms with Gasteiger partial charge < -0.3 is 19.6 Å². The highest BCUT2D eigenvalue weighted by Crippen LogP contribution is 2.50. The monoisotopic (exact) mass is 591 g/mol. The van der Waals surface area contributed by atoms with Gasteiger partial charge in [0.2, 0.25) is 11.5 Å². The Balaban J connectivity index is 2.14. The highest BCUT2D eigenvalue weighted by Gasteiger charge is 2.69. The summed E-state index contributed by atoms with van der Waals surface area (Å²) in [6.45, 7) is 22.7. The zero-order chi connectivity index (χ0) is 29.3. The van der Waals surface area contributed by atoms with Crippen LogP contribution in [0.5, 0.6) is 0 Å². The third kappa shape index (κ3) is 5.49. The summed E-state index contributed by atoms with van der Waals surface area (Å²) in [4.78, 5) is 26.6. The fraction of sp³-hybridized carbons (Fsp3) is 0.833. The number of imide groups is 1. The minimum atomic E-state index is -4.19. The number of ether oxygens (including phenoxy) is 2. The molecule has 3 N–H and O–H groups in total. The van der Waals surface area contributed by atoms with Gasteiger partial charge in [0.1, 0.15) is 6.10 Å². The number of rotatable bonds is 6. The van der Waals surface area contributed by atoms with Crippen molar-refractivity contribution in [2.24, 2.45) is 11.7 Å². The minimum absolute atomic E-state index is 0.0260. The molecule has 1 unspecified atom stereocenters. The van der Waals surface area contributed by atoms with E-state index in [1.165, 1.54) is 4.90 Å². The maximum absolute atomic E-state index is 13.0. The van der Waals surface area contributed by atoms with E-state index in [9.17, 15) is 18.0 Å².